The number of ether oxygens (including phenoxy) is 2. The Hall–Kier alpha value is -1.76. The smallest absolute Gasteiger partial charge is 0.252 e. The molecule has 6 heteroatoms. The van der Waals surface area contributed by atoms with Crippen molar-refractivity contribution in [1.29, 1.82) is 0 Å². The van der Waals surface area contributed by atoms with Crippen LogP contribution in [0.25, 0.3) is 11.3 Å². The van der Waals surface area contributed by atoms with E-state index in [2.05, 4.69) is 41.5 Å². The quantitative estimate of drug-likeness (QED) is 0.664. The van der Waals surface area contributed by atoms with Crippen molar-refractivity contribution in [3.05, 3.63) is 35.2 Å². The molecule has 0 saturated carbocycles. The van der Waals surface area contributed by atoms with E-state index in [1.165, 1.54) is 29.7 Å². The van der Waals surface area contributed by atoms with E-state index < -0.39 is 0 Å². The number of thiazole rings is 1. The lowest BCUT2D eigenvalue weighted by atomic mass is 10.1. The summed E-state index contributed by atoms with van der Waals surface area (Å²) in [6.07, 6.45) is 3.52. The third kappa shape index (κ3) is 6.03. The molecule has 0 saturated heterocycles. The van der Waals surface area contributed by atoms with Gasteiger partial charge in [0.15, 0.2) is 5.13 Å². The van der Waals surface area contributed by atoms with Crippen LogP contribution in [0.1, 0.15) is 25.3 Å². The monoisotopic (exact) mass is 348 g/mol. The Morgan fingerprint density at radius 3 is 2.75 bits per heavy atom. The summed E-state index contributed by atoms with van der Waals surface area (Å²) in [5.41, 5.74) is 3.28. The van der Waals surface area contributed by atoms with E-state index in [0.717, 1.165) is 17.7 Å². The van der Waals surface area contributed by atoms with E-state index in [1.807, 2.05) is 5.38 Å². The molecule has 5 nitrogen and oxygen atoms in total. The molecule has 1 aromatic heterocycles. The minimum absolute atomic E-state index is 0.00436. The predicted octanol–water partition coefficient (Wildman–Crippen LogP) is 3.75. The molecule has 1 N–H and O–H groups in total. The van der Waals surface area contributed by atoms with Gasteiger partial charge in [0.1, 0.15) is 6.61 Å². The fraction of sp³-hybridized carbons (Fsp3) is 0.444. The molecular formula is C18H24N2O3S. The van der Waals surface area contributed by atoms with Gasteiger partial charge < -0.3 is 9.47 Å². The molecular weight excluding hydrogens is 324 g/mol. The maximum atomic E-state index is 11.8. The first-order valence-corrected chi connectivity index (χ1v) is 9.02. The molecule has 2 aromatic rings. The first kappa shape index (κ1) is 18.6. The largest absolute Gasteiger partial charge is 0.382 e. The summed E-state index contributed by atoms with van der Waals surface area (Å²) in [6.45, 7) is 3.08. The Morgan fingerprint density at radius 1 is 1.25 bits per heavy atom. The molecule has 0 aliphatic rings. The number of amides is 1. The van der Waals surface area contributed by atoms with Crippen molar-refractivity contribution in [1.82, 2.24) is 4.98 Å². The highest BCUT2D eigenvalue weighted by atomic mass is 32.1. The number of hydrogen-bond acceptors (Lipinski definition) is 5. The molecule has 0 bridgehead atoms. The van der Waals surface area contributed by atoms with E-state index in [0.29, 0.717) is 18.3 Å². The minimum Gasteiger partial charge on any atom is -0.382 e. The van der Waals surface area contributed by atoms with Crippen molar-refractivity contribution >= 4 is 22.4 Å². The van der Waals surface area contributed by atoms with Crippen LogP contribution < -0.4 is 5.32 Å². The molecule has 1 heterocycles. The number of aromatic nitrogens is 1. The van der Waals surface area contributed by atoms with Gasteiger partial charge in [-0.1, -0.05) is 37.6 Å². The van der Waals surface area contributed by atoms with Gasteiger partial charge in [0.25, 0.3) is 5.91 Å². The summed E-state index contributed by atoms with van der Waals surface area (Å²) in [7, 11) is 1.59. The summed E-state index contributed by atoms with van der Waals surface area (Å²) >= 11 is 1.41. The van der Waals surface area contributed by atoms with E-state index >= 15 is 0 Å². The highest BCUT2D eigenvalue weighted by Gasteiger charge is 2.08. The number of unbranched alkanes of at least 4 members (excludes halogenated alkanes) is 1. The maximum Gasteiger partial charge on any atom is 0.252 e. The van der Waals surface area contributed by atoms with Crippen LogP contribution >= 0.6 is 11.3 Å². The molecule has 0 unspecified atom stereocenters. The van der Waals surface area contributed by atoms with Gasteiger partial charge in [-0.05, 0) is 18.4 Å². The summed E-state index contributed by atoms with van der Waals surface area (Å²) in [5, 5.41) is 5.28. The topological polar surface area (TPSA) is 60.5 Å². The van der Waals surface area contributed by atoms with Crippen LogP contribution in [0.2, 0.25) is 0 Å². The van der Waals surface area contributed by atoms with Crippen LogP contribution in [0, 0.1) is 0 Å². The van der Waals surface area contributed by atoms with Crippen LogP contribution in [0.4, 0.5) is 5.13 Å². The Kier molecular flexibility index (Phi) is 7.88. The lowest BCUT2D eigenvalue weighted by molar-refractivity contribution is -0.121. The number of methoxy groups -OCH3 is 1. The van der Waals surface area contributed by atoms with Crippen molar-refractivity contribution in [3.63, 3.8) is 0 Å². The maximum absolute atomic E-state index is 11.8. The lowest BCUT2D eigenvalue weighted by Crippen LogP contribution is -2.19. The Labute approximate surface area is 147 Å². The first-order chi connectivity index (χ1) is 11.7. The van der Waals surface area contributed by atoms with E-state index in [-0.39, 0.29) is 12.5 Å². The third-order valence-electron chi connectivity index (χ3n) is 3.48. The molecule has 1 aromatic carbocycles. The third-order valence-corrected chi connectivity index (χ3v) is 4.24. The summed E-state index contributed by atoms with van der Waals surface area (Å²) in [6, 6.07) is 8.46. The van der Waals surface area contributed by atoms with Gasteiger partial charge in [0, 0.05) is 18.1 Å². The molecule has 0 atom stereocenters. The zero-order valence-electron chi connectivity index (χ0n) is 14.2. The van der Waals surface area contributed by atoms with Crippen molar-refractivity contribution in [3.8, 4) is 11.3 Å². The zero-order valence-corrected chi connectivity index (χ0v) is 15.0. The molecule has 0 aliphatic carbocycles. The molecule has 0 spiro atoms. The van der Waals surface area contributed by atoms with Crippen LogP contribution in [0.15, 0.2) is 29.6 Å². The highest BCUT2D eigenvalue weighted by Crippen LogP contribution is 2.25. The van der Waals surface area contributed by atoms with Crippen LogP contribution in [0.3, 0.4) is 0 Å². The SMILES string of the molecule is CCCCc1ccc(-c2csc(NC(=O)COCCOC)n2)cc1. The number of nitrogens with one attached hydrogen (secondary N) is 1. The van der Waals surface area contributed by atoms with E-state index in [4.69, 9.17) is 9.47 Å². The lowest BCUT2D eigenvalue weighted by Gasteiger charge is -2.03. The fourth-order valence-electron chi connectivity index (χ4n) is 2.15. The first-order valence-electron chi connectivity index (χ1n) is 8.14. The van der Waals surface area contributed by atoms with Gasteiger partial charge in [0.2, 0.25) is 0 Å². The second kappa shape index (κ2) is 10.2. The molecule has 0 fully saturated rings. The second-order valence-corrected chi connectivity index (χ2v) is 6.29. The predicted molar refractivity (Wildman–Crippen MR) is 97.5 cm³/mol. The van der Waals surface area contributed by atoms with Crippen molar-refractivity contribution in [2.24, 2.45) is 0 Å². The van der Waals surface area contributed by atoms with Crippen LogP contribution in [-0.2, 0) is 20.7 Å². The minimum atomic E-state index is -0.207. The van der Waals surface area contributed by atoms with Gasteiger partial charge in [0.05, 0.1) is 18.9 Å². The molecule has 130 valence electrons. The fourth-order valence-corrected chi connectivity index (χ4v) is 2.89. The van der Waals surface area contributed by atoms with Gasteiger partial charge >= 0.3 is 0 Å². The van der Waals surface area contributed by atoms with E-state index in [1.54, 1.807) is 7.11 Å². The van der Waals surface area contributed by atoms with Crippen molar-refractivity contribution < 1.29 is 14.3 Å². The average Bonchev–Trinajstić information content (AvgIpc) is 3.06. The van der Waals surface area contributed by atoms with Crippen LogP contribution in [0.5, 0.6) is 0 Å². The summed E-state index contributed by atoms with van der Waals surface area (Å²) in [5.74, 6) is -0.207. The number of aryl methyl sites for hydroxylation is 1. The normalized spacial score (nSPS) is 10.8. The summed E-state index contributed by atoms with van der Waals surface area (Å²) < 4.78 is 10.0. The van der Waals surface area contributed by atoms with Gasteiger partial charge in [-0.15, -0.1) is 11.3 Å². The molecule has 0 aliphatic heterocycles. The van der Waals surface area contributed by atoms with Gasteiger partial charge in [-0.3, -0.25) is 10.1 Å². The summed E-state index contributed by atoms with van der Waals surface area (Å²) in [4.78, 5) is 16.2. The molecule has 0 radical (unpaired) electrons. The number of benzene rings is 1. The van der Waals surface area contributed by atoms with Gasteiger partial charge in [-0.2, -0.15) is 0 Å². The number of nitrogens with zero attached hydrogens (tertiary/aromatic N) is 1. The average molecular weight is 348 g/mol. The standard InChI is InChI=1S/C18H24N2O3S/c1-3-4-5-14-6-8-15(9-7-14)16-13-24-18(19-16)20-17(21)12-23-11-10-22-2/h6-9,13H,3-5,10-12H2,1-2H3,(H,19,20,21). The number of hydrogen-bond donors (Lipinski definition) is 1. The van der Waals surface area contributed by atoms with E-state index in [9.17, 15) is 4.79 Å². The highest BCUT2D eigenvalue weighted by molar-refractivity contribution is 7.14. The second-order valence-electron chi connectivity index (χ2n) is 5.43. The van der Waals surface area contributed by atoms with Gasteiger partial charge in [-0.25, -0.2) is 4.98 Å². The van der Waals surface area contributed by atoms with Crippen LogP contribution in [-0.4, -0.2) is 37.8 Å². The van der Waals surface area contributed by atoms with Crippen molar-refractivity contribution in [2.45, 2.75) is 26.2 Å². The molecule has 2 rings (SSSR count). The Morgan fingerprint density at radius 2 is 2.04 bits per heavy atom. The number of anilines is 1. The number of rotatable bonds is 10. The Balaban J connectivity index is 1.87. The molecule has 24 heavy (non-hydrogen) atoms. The van der Waals surface area contributed by atoms with Crippen molar-refractivity contribution in [2.75, 3.05) is 32.2 Å². The number of carbonyl (C=O) groups excluding carboxylic acids is 1. The number of carbonyl (C=O) groups is 1. The molecule has 1 amide bonds. The zero-order chi connectivity index (χ0) is 17.2. The Bertz CT molecular complexity index is 625.